The molecule has 0 unspecified atom stereocenters. The molecule has 0 spiro atoms. The van der Waals surface area contributed by atoms with Crippen LogP contribution in [0.4, 0.5) is 5.69 Å². The highest BCUT2D eigenvalue weighted by molar-refractivity contribution is 6.02. The van der Waals surface area contributed by atoms with Crippen molar-refractivity contribution in [3.63, 3.8) is 0 Å². The Bertz CT molecular complexity index is 611. The zero-order chi connectivity index (χ0) is 13.0. The lowest BCUT2D eigenvalue weighted by atomic mass is 10.2. The normalized spacial score (nSPS) is 9.78. The number of carbonyl (C=O) groups is 1. The monoisotopic (exact) mass is 241 g/mol. The van der Waals surface area contributed by atoms with Crippen molar-refractivity contribution >= 4 is 11.6 Å². The number of para-hydroxylation sites is 1. The van der Waals surface area contributed by atoms with Crippen LogP contribution >= 0.6 is 0 Å². The molecule has 2 aromatic rings. The van der Waals surface area contributed by atoms with Crippen molar-refractivity contribution in [2.45, 2.75) is 13.3 Å². The number of nitrogens with zero attached hydrogens (tertiary/aromatic N) is 3. The number of amides is 1. The van der Waals surface area contributed by atoms with Crippen LogP contribution < -0.4 is 5.32 Å². The number of hydrogen-bond donors (Lipinski definition) is 2. The van der Waals surface area contributed by atoms with E-state index in [-0.39, 0.29) is 5.82 Å². The fourth-order valence-corrected chi connectivity index (χ4v) is 1.42. The van der Waals surface area contributed by atoms with Crippen molar-refractivity contribution in [1.29, 1.82) is 5.26 Å². The molecule has 0 atom stereocenters. The van der Waals surface area contributed by atoms with Gasteiger partial charge in [-0.3, -0.25) is 9.89 Å². The summed E-state index contributed by atoms with van der Waals surface area (Å²) in [5.74, 6) is 0.280. The number of H-pyrrole nitrogens is 1. The van der Waals surface area contributed by atoms with Gasteiger partial charge in [-0.05, 0) is 12.1 Å². The van der Waals surface area contributed by atoms with E-state index < -0.39 is 5.91 Å². The maximum Gasteiger partial charge on any atom is 0.295 e. The smallest absolute Gasteiger partial charge is 0.295 e. The summed E-state index contributed by atoms with van der Waals surface area (Å²) in [7, 11) is 0. The highest BCUT2D eigenvalue weighted by atomic mass is 16.2. The zero-order valence-electron chi connectivity index (χ0n) is 9.77. The van der Waals surface area contributed by atoms with Crippen molar-refractivity contribution in [3.05, 3.63) is 41.5 Å². The van der Waals surface area contributed by atoms with Gasteiger partial charge in [-0.2, -0.15) is 5.26 Å². The molecule has 0 fully saturated rings. The number of aromatic amines is 1. The number of rotatable bonds is 3. The Labute approximate surface area is 104 Å². The molecule has 1 amide bonds. The first-order chi connectivity index (χ1) is 8.74. The summed E-state index contributed by atoms with van der Waals surface area (Å²) >= 11 is 0. The van der Waals surface area contributed by atoms with E-state index in [0.717, 1.165) is 0 Å². The molecule has 1 aromatic heterocycles. The maximum atomic E-state index is 11.8. The topological polar surface area (TPSA) is 94.5 Å². The van der Waals surface area contributed by atoms with Gasteiger partial charge in [0.25, 0.3) is 5.91 Å². The van der Waals surface area contributed by atoms with Crippen LogP contribution in [0.25, 0.3) is 0 Å². The van der Waals surface area contributed by atoms with Crippen LogP contribution in [0.15, 0.2) is 24.3 Å². The summed E-state index contributed by atoms with van der Waals surface area (Å²) in [5.41, 5.74) is 0.852. The number of benzene rings is 1. The van der Waals surface area contributed by atoms with Crippen LogP contribution in [0, 0.1) is 11.3 Å². The first kappa shape index (κ1) is 11.8. The average molecular weight is 241 g/mol. The van der Waals surface area contributed by atoms with E-state index in [1.165, 1.54) is 0 Å². The molecule has 0 saturated carbocycles. The molecule has 1 heterocycles. The van der Waals surface area contributed by atoms with Gasteiger partial charge < -0.3 is 5.32 Å². The van der Waals surface area contributed by atoms with E-state index in [1.54, 1.807) is 24.3 Å². The first-order valence-electron chi connectivity index (χ1n) is 5.46. The lowest BCUT2D eigenvalue weighted by molar-refractivity contribution is 0.101. The number of aromatic nitrogens is 3. The lowest BCUT2D eigenvalue weighted by Crippen LogP contribution is -2.14. The van der Waals surface area contributed by atoms with E-state index in [1.807, 2.05) is 13.0 Å². The molecular formula is C12H11N5O. The molecule has 0 aliphatic heterocycles. The van der Waals surface area contributed by atoms with Crippen LogP contribution in [0.5, 0.6) is 0 Å². The van der Waals surface area contributed by atoms with Gasteiger partial charge in [0.1, 0.15) is 11.9 Å². The number of aryl methyl sites for hydroxylation is 1. The van der Waals surface area contributed by atoms with Crippen molar-refractivity contribution in [2.75, 3.05) is 5.32 Å². The summed E-state index contributed by atoms with van der Waals surface area (Å²) in [6.07, 6.45) is 0.676. The van der Waals surface area contributed by atoms with Crippen molar-refractivity contribution < 1.29 is 4.79 Å². The second kappa shape index (κ2) is 5.10. The molecule has 0 bridgehead atoms. The molecular weight excluding hydrogens is 230 g/mol. The Hall–Kier alpha value is -2.68. The van der Waals surface area contributed by atoms with E-state index in [4.69, 9.17) is 5.26 Å². The first-order valence-corrected chi connectivity index (χ1v) is 5.46. The SMILES string of the molecule is CCc1nc(C(=O)Nc2ccccc2C#N)n[nH]1. The molecule has 18 heavy (non-hydrogen) atoms. The van der Waals surface area contributed by atoms with Crippen molar-refractivity contribution in [3.8, 4) is 6.07 Å². The standard InChI is InChI=1S/C12H11N5O/c1-2-10-15-11(17-16-10)12(18)14-9-6-4-3-5-8(9)7-13/h3-6H,2H2,1H3,(H,14,18)(H,15,16,17). The van der Waals surface area contributed by atoms with Crippen LogP contribution in [0.2, 0.25) is 0 Å². The third-order valence-corrected chi connectivity index (χ3v) is 2.37. The summed E-state index contributed by atoms with van der Waals surface area (Å²) in [5, 5.41) is 18.0. The number of anilines is 1. The van der Waals surface area contributed by atoms with Gasteiger partial charge >= 0.3 is 0 Å². The van der Waals surface area contributed by atoms with Gasteiger partial charge in [0.2, 0.25) is 5.82 Å². The van der Waals surface area contributed by atoms with Gasteiger partial charge in [0.05, 0.1) is 11.3 Å². The van der Waals surface area contributed by atoms with Crippen LogP contribution in [0.1, 0.15) is 28.9 Å². The average Bonchev–Trinajstić information content (AvgIpc) is 2.88. The molecule has 90 valence electrons. The summed E-state index contributed by atoms with van der Waals surface area (Å²) < 4.78 is 0. The second-order valence-electron chi connectivity index (χ2n) is 3.57. The number of nitriles is 1. The minimum Gasteiger partial charge on any atom is -0.318 e. The summed E-state index contributed by atoms with van der Waals surface area (Å²) in [4.78, 5) is 15.9. The number of nitrogens with one attached hydrogen (secondary N) is 2. The Morgan fingerprint density at radius 1 is 1.50 bits per heavy atom. The predicted molar refractivity (Wildman–Crippen MR) is 64.9 cm³/mol. The molecule has 2 rings (SSSR count). The third kappa shape index (κ3) is 2.35. The molecule has 0 aliphatic carbocycles. The van der Waals surface area contributed by atoms with E-state index >= 15 is 0 Å². The number of carbonyl (C=O) groups excluding carboxylic acids is 1. The second-order valence-corrected chi connectivity index (χ2v) is 3.57. The van der Waals surface area contributed by atoms with Crippen LogP contribution in [-0.2, 0) is 6.42 Å². The minimum atomic E-state index is -0.436. The minimum absolute atomic E-state index is 0.0691. The van der Waals surface area contributed by atoms with Gasteiger partial charge in [0, 0.05) is 6.42 Å². The predicted octanol–water partition coefficient (Wildman–Crippen LogP) is 1.49. The highest BCUT2D eigenvalue weighted by Gasteiger charge is 2.13. The fourth-order valence-electron chi connectivity index (χ4n) is 1.42. The number of hydrogen-bond acceptors (Lipinski definition) is 4. The van der Waals surface area contributed by atoms with Crippen LogP contribution in [0.3, 0.4) is 0 Å². The fraction of sp³-hybridized carbons (Fsp3) is 0.167. The van der Waals surface area contributed by atoms with Gasteiger partial charge in [-0.15, -0.1) is 5.10 Å². The molecule has 6 heteroatoms. The van der Waals surface area contributed by atoms with Gasteiger partial charge in [0.15, 0.2) is 0 Å². The van der Waals surface area contributed by atoms with Gasteiger partial charge in [-0.25, -0.2) is 4.98 Å². The molecule has 0 aliphatic rings. The maximum absolute atomic E-state index is 11.8. The summed E-state index contributed by atoms with van der Waals surface area (Å²) in [6, 6.07) is 8.77. The van der Waals surface area contributed by atoms with Crippen LogP contribution in [-0.4, -0.2) is 21.1 Å². The Morgan fingerprint density at radius 3 is 2.94 bits per heavy atom. The molecule has 2 N–H and O–H groups in total. The van der Waals surface area contributed by atoms with E-state index in [2.05, 4.69) is 20.5 Å². The molecule has 0 radical (unpaired) electrons. The van der Waals surface area contributed by atoms with E-state index in [9.17, 15) is 4.79 Å². The molecule has 1 aromatic carbocycles. The molecule has 0 saturated heterocycles. The Balaban J connectivity index is 2.19. The summed E-state index contributed by atoms with van der Waals surface area (Å²) in [6.45, 7) is 1.91. The Morgan fingerprint density at radius 2 is 2.28 bits per heavy atom. The van der Waals surface area contributed by atoms with Crippen molar-refractivity contribution in [2.24, 2.45) is 0 Å². The lowest BCUT2D eigenvalue weighted by Gasteiger charge is -2.03. The van der Waals surface area contributed by atoms with E-state index in [0.29, 0.717) is 23.5 Å². The Kier molecular flexibility index (Phi) is 3.34. The third-order valence-electron chi connectivity index (χ3n) is 2.37. The molecule has 6 nitrogen and oxygen atoms in total. The van der Waals surface area contributed by atoms with Crippen molar-refractivity contribution in [1.82, 2.24) is 15.2 Å². The largest absolute Gasteiger partial charge is 0.318 e. The zero-order valence-corrected chi connectivity index (χ0v) is 9.77. The quantitative estimate of drug-likeness (QED) is 0.851. The highest BCUT2D eigenvalue weighted by Crippen LogP contribution is 2.14. The van der Waals surface area contributed by atoms with Gasteiger partial charge in [-0.1, -0.05) is 19.1 Å².